The van der Waals surface area contributed by atoms with Gasteiger partial charge in [0.05, 0.1) is 0 Å². The Bertz CT molecular complexity index is 766. The first kappa shape index (κ1) is 38.0. The molecule has 0 aromatic carbocycles. The number of nitrogens with zero attached hydrogens (tertiary/aromatic N) is 3. The van der Waals surface area contributed by atoms with E-state index in [1.807, 2.05) is 78.6 Å². The molecule has 3 rings (SSSR count). The van der Waals surface area contributed by atoms with E-state index < -0.39 is 0 Å². The third-order valence-corrected chi connectivity index (χ3v) is 5.00. The van der Waals surface area contributed by atoms with E-state index in [2.05, 4.69) is 95.5 Å². The van der Waals surface area contributed by atoms with E-state index in [1.165, 1.54) is 33.5 Å². The molecule has 0 radical (unpaired) electrons. The first-order valence-electron chi connectivity index (χ1n) is 13.9. The van der Waals surface area contributed by atoms with Crippen molar-refractivity contribution < 1.29 is 0 Å². The average Bonchev–Trinajstić information content (AvgIpc) is 2.89. The monoisotopic (exact) mass is 495 g/mol. The zero-order valence-corrected chi connectivity index (χ0v) is 26.3. The highest BCUT2D eigenvalue weighted by atomic mass is 14.7. The van der Waals surface area contributed by atoms with Crippen LogP contribution in [-0.2, 0) is 0 Å². The normalized spacial score (nSPS) is 9.17. The quantitative estimate of drug-likeness (QED) is 0.362. The van der Waals surface area contributed by atoms with Crippen molar-refractivity contribution in [2.75, 3.05) is 0 Å². The van der Waals surface area contributed by atoms with Crippen LogP contribution in [-0.4, -0.2) is 15.0 Å². The van der Waals surface area contributed by atoms with Crippen molar-refractivity contribution in [1.29, 1.82) is 0 Å². The van der Waals surface area contributed by atoms with Gasteiger partial charge in [0.1, 0.15) is 0 Å². The number of hydrogen-bond donors (Lipinski definition) is 0. The van der Waals surface area contributed by atoms with Gasteiger partial charge >= 0.3 is 0 Å². The molecule has 3 heterocycles. The minimum Gasteiger partial charge on any atom is -0.264 e. The fourth-order valence-electron chi connectivity index (χ4n) is 3.26. The Morgan fingerprint density at radius 1 is 0.500 bits per heavy atom. The lowest BCUT2D eigenvalue weighted by Crippen LogP contribution is -1.94. The summed E-state index contributed by atoms with van der Waals surface area (Å²) in [6, 6.07) is 8.17. The van der Waals surface area contributed by atoms with Crippen molar-refractivity contribution >= 4 is 0 Å². The fourth-order valence-corrected chi connectivity index (χ4v) is 3.26. The molecular weight excluding hydrogens is 438 g/mol. The molecule has 0 saturated carbocycles. The second-order valence-electron chi connectivity index (χ2n) is 8.63. The van der Waals surface area contributed by atoms with E-state index in [-0.39, 0.29) is 0 Å². The highest BCUT2D eigenvalue weighted by Gasteiger charge is 2.02. The van der Waals surface area contributed by atoms with Crippen LogP contribution < -0.4 is 0 Å². The highest BCUT2D eigenvalue weighted by Crippen LogP contribution is 2.17. The van der Waals surface area contributed by atoms with Crippen LogP contribution in [0.4, 0.5) is 0 Å². The van der Waals surface area contributed by atoms with Crippen LogP contribution >= 0.6 is 0 Å². The maximum absolute atomic E-state index is 4.28. The minimum absolute atomic E-state index is 0.543. The van der Waals surface area contributed by atoms with Gasteiger partial charge in [-0.25, -0.2) is 0 Å². The van der Waals surface area contributed by atoms with E-state index in [0.29, 0.717) is 17.8 Å². The Balaban J connectivity index is -0.000000410. The summed E-state index contributed by atoms with van der Waals surface area (Å²) in [6.07, 6.45) is 9.41. The summed E-state index contributed by atoms with van der Waals surface area (Å²) < 4.78 is 0. The molecule has 3 aromatic rings. The van der Waals surface area contributed by atoms with Gasteiger partial charge in [-0.15, -0.1) is 0 Å². The molecule has 0 amide bonds. The zero-order chi connectivity index (χ0) is 28.7. The Morgan fingerprint density at radius 3 is 1.11 bits per heavy atom. The topological polar surface area (TPSA) is 38.7 Å². The minimum atomic E-state index is 0.543. The van der Waals surface area contributed by atoms with Gasteiger partial charge in [-0.2, -0.15) is 0 Å². The van der Waals surface area contributed by atoms with E-state index in [9.17, 15) is 0 Å². The molecule has 0 atom stereocenters. The average molecular weight is 496 g/mol. The van der Waals surface area contributed by atoms with E-state index in [4.69, 9.17) is 0 Å². The van der Waals surface area contributed by atoms with Crippen molar-refractivity contribution in [1.82, 2.24) is 15.0 Å². The smallest absolute Gasteiger partial charge is 0.0458 e. The molecule has 0 aliphatic rings. The van der Waals surface area contributed by atoms with Gasteiger partial charge < -0.3 is 0 Å². The van der Waals surface area contributed by atoms with Crippen molar-refractivity contribution in [2.45, 2.75) is 122 Å². The van der Waals surface area contributed by atoms with Crippen LogP contribution in [0.25, 0.3) is 0 Å². The van der Waals surface area contributed by atoms with Crippen LogP contribution in [0, 0.1) is 20.8 Å². The van der Waals surface area contributed by atoms with Crippen molar-refractivity contribution in [3.63, 3.8) is 0 Å². The molecule has 36 heavy (non-hydrogen) atoms. The van der Waals surface area contributed by atoms with Gasteiger partial charge in [0, 0.05) is 36.7 Å². The van der Waals surface area contributed by atoms with E-state index in [1.54, 1.807) is 0 Å². The number of hydrogen-bond acceptors (Lipinski definition) is 3. The predicted molar refractivity (Wildman–Crippen MR) is 163 cm³/mol. The van der Waals surface area contributed by atoms with Gasteiger partial charge in [-0.05, 0) is 84.5 Å². The standard InChI is InChI=1S/3C9H13N.3C2H6/c2*1-7(2)9-6-10-5-4-8(9)3;1-7(2)9-8(3)5-4-6-10-9;3*1-2/h3*4-7H,1-3H3;3*1-2H3. The van der Waals surface area contributed by atoms with Gasteiger partial charge in [0.25, 0.3) is 0 Å². The number of aromatic nitrogens is 3. The molecule has 0 spiro atoms. The molecule has 0 bridgehead atoms. The van der Waals surface area contributed by atoms with E-state index >= 15 is 0 Å². The molecule has 3 nitrogen and oxygen atoms in total. The Hall–Kier alpha value is -2.55. The summed E-state index contributed by atoms with van der Waals surface area (Å²) in [5.74, 6) is 1.73. The fraction of sp³-hybridized carbons (Fsp3) is 0.545. The van der Waals surface area contributed by atoms with Crippen molar-refractivity contribution in [3.05, 3.63) is 88.8 Å². The Morgan fingerprint density at radius 2 is 0.889 bits per heavy atom. The van der Waals surface area contributed by atoms with Crippen molar-refractivity contribution in [3.8, 4) is 0 Å². The maximum Gasteiger partial charge on any atom is 0.0458 e. The molecular formula is C33H57N3. The van der Waals surface area contributed by atoms with Gasteiger partial charge in [0.15, 0.2) is 0 Å². The number of aryl methyl sites for hydroxylation is 3. The molecule has 0 N–H and O–H groups in total. The lowest BCUT2D eigenvalue weighted by atomic mass is 10.0. The second-order valence-corrected chi connectivity index (χ2v) is 8.63. The second kappa shape index (κ2) is 24.2. The van der Waals surface area contributed by atoms with Crippen molar-refractivity contribution in [2.24, 2.45) is 0 Å². The molecule has 204 valence electrons. The van der Waals surface area contributed by atoms with Crippen LogP contribution in [0.3, 0.4) is 0 Å². The first-order chi connectivity index (χ1) is 17.1. The number of pyridine rings is 3. The Kier molecular flexibility index (Phi) is 25.5. The first-order valence-corrected chi connectivity index (χ1v) is 13.9. The summed E-state index contributed by atoms with van der Waals surface area (Å²) in [6.45, 7) is 31.4. The molecule has 0 aliphatic heterocycles. The SMILES string of the molecule is CC.CC.CC.Cc1cccnc1C(C)C.Cc1ccncc1C(C)C.Cc1ccncc1C(C)C. The summed E-state index contributed by atoms with van der Waals surface area (Å²) >= 11 is 0. The maximum atomic E-state index is 4.28. The summed E-state index contributed by atoms with van der Waals surface area (Å²) in [4.78, 5) is 12.4. The zero-order valence-electron chi connectivity index (χ0n) is 26.3. The van der Waals surface area contributed by atoms with Gasteiger partial charge in [-0.1, -0.05) is 89.2 Å². The molecule has 0 aliphatic carbocycles. The molecule has 3 aromatic heterocycles. The lowest BCUT2D eigenvalue weighted by Gasteiger charge is -2.06. The van der Waals surface area contributed by atoms with Gasteiger partial charge in [-0.3, -0.25) is 15.0 Å². The van der Waals surface area contributed by atoms with Crippen LogP contribution in [0.5, 0.6) is 0 Å². The molecule has 3 heteroatoms. The molecule has 0 saturated heterocycles. The summed E-state index contributed by atoms with van der Waals surface area (Å²) in [5, 5.41) is 0. The largest absolute Gasteiger partial charge is 0.264 e. The van der Waals surface area contributed by atoms with Crippen LogP contribution in [0.2, 0.25) is 0 Å². The van der Waals surface area contributed by atoms with E-state index in [0.717, 1.165) is 0 Å². The van der Waals surface area contributed by atoms with Crippen LogP contribution in [0.15, 0.2) is 55.2 Å². The third kappa shape index (κ3) is 16.2. The van der Waals surface area contributed by atoms with Crippen LogP contribution in [0.1, 0.15) is 134 Å². The lowest BCUT2D eigenvalue weighted by molar-refractivity contribution is 0.811. The molecule has 0 fully saturated rings. The third-order valence-electron chi connectivity index (χ3n) is 5.00. The highest BCUT2D eigenvalue weighted by molar-refractivity contribution is 5.25. The Labute approximate surface area is 225 Å². The number of rotatable bonds is 3. The predicted octanol–water partition coefficient (Wildman–Crippen LogP) is 10.6. The molecule has 0 unspecified atom stereocenters. The summed E-state index contributed by atoms with van der Waals surface area (Å²) in [5.41, 5.74) is 7.88. The van der Waals surface area contributed by atoms with Gasteiger partial charge in [0.2, 0.25) is 0 Å². The summed E-state index contributed by atoms with van der Waals surface area (Å²) in [7, 11) is 0.